The summed E-state index contributed by atoms with van der Waals surface area (Å²) in [6, 6.07) is 13.8. The van der Waals surface area contributed by atoms with Crippen LogP contribution in [0.3, 0.4) is 0 Å². The zero-order valence-corrected chi connectivity index (χ0v) is 31.8. The second kappa shape index (κ2) is 20.1. The molecule has 0 fully saturated rings. The Hall–Kier alpha value is -3.89. The van der Waals surface area contributed by atoms with E-state index in [1.165, 1.54) is 29.1 Å². The summed E-state index contributed by atoms with van der Waals surface area (Å²) < 4.78 is 12.6. The number of hydrogen-bond acceptors (Lipinski definition) is 5. The van der Waals surface area contributed by atoms with Crippen LogP contribution in [0.4, 0.5) is 0 Å². The van der Waals surface area contributed by atoms with Gasteiger partial charge in [0.05, 0.1) is 35.8 Å². The maximum atomic E-state index is 14.3. The largest absolute Gasteiger partial charge is 0.493 e. The van der Waals surface area contributed by atoms with Crippen molar-refractivity contribution in [1.82, 2.24) is 4.90 Å². The number of unbranched alkanes of at least 4 members (excludes halogenated alkanes) is 7. The summed E-state index contributed by atoms with van der Waals surface area (Å²) in [7, 11) is 0. The molecular weight excluding hydrogens is 641 g/mol. The summed E-state index contributed by atoms with van der Waals surface area (Å²) in [6.45, 7) is 19.5. The Morgan fingerprint density at radius 3 is 2.06 bits per heavy atom. The number of carbonyl (C=O) groups is 2. The van der Waals surface area contributed by atoms with Crippen LogP contribution in [0.1, 0.15) is 144 Å². The van der Waals surface area contributed by atoms with Crippen molar-refractivity contribution in [1.29, 1.82) is 0 Å². The van der Waals surface area contributed by atoms with Crippen molar-refractivity contribution in [2.24, 2.45) is 5.92 Å². The maximum absolute atomic E-state index is 14.3. The lowest BCUT2D eigenvalue weighted by Gasteiger charge is -2.20. The fourth-order valence-electron chi connectivity index (χ4n) is 6.49. The van der Waals surface area contributed by atoms with Crippen molar-refractivity contribution in [3.63, 3.8) is 0 Å². The average Bonchev–Trinajstić information content (AvgIpc) is 3.64. The van der Waals surface area contributed by atoms with Crippen LogP contribution in [0.5, 0.6) is 11.5 Å². The zero-order chi connectivity index (χ0) is 35.9. The standard InChI is InChI=1S/C43H56N2O4S/c1-7-11-14-16-27-48-35-23-24-36(37(30-35)49-28-17-15-12-8-2)41-39-38(40(50-41)34-21-19-33(20-22-34)29-31(5)44-6)42(46)45(43(39)47)26-25-32(10-4)18-13-9-3/h19-24,29-30,32H,7-18,25-28H2,1-5H3/b31-29-. The number of benzene rings is 2. The van der Waals surface area contributed by atoms with Crippen LogP contribution in [-0.2, 0) is 0 Å². The summed E-state index contributed by atoms with van der Waals surface area (Å²) in [5.41, 5.74) is 4.18. The SMILES string of the molecule is [C-]#[N+]/C(C)=C\c1ccc(-c2sc(-c3ccc(OCCCCCC)cc3OCCCCCC)c3c2C(=O)N(CCC(CC)CCCC)C3=O)cc1. The molecule has 3 aromatic rings. The third-order valence-corrected chi connectivity index (χ3v) is 10.8. The molecule has 2 amide bonds. The minimum Gasteiger partial charge on any atom is -0.493 e. The minimum absolute atomic E-state index is 0.213. The molecule has 6 nitrogen and oxygen atoms in total. The second-order valence-corrected chi connectivity index (χ2v) is 14.5. The molecule has 268 valence electrons. The third kappa shape index (κ3) is 10.1. The number of allylic oxidation sites excluding steroid dienone is 1. The van der Waals surface area contributed by atoms with Gasteiger partial charge in [0.15, 0.2) is 5.70 Å². The van der Waals surface area contributed by atoms with Gasteiger partial charge in [-0.3, -0.25) is 14.5 Å². The van der Waals surface area contributed by atoms with Gasteiger partial charge in [0.1, 0.15) is 11.5 Å². The molecule has 0 N–H and O–H groups in total. The average molecular weight is 697 g/mol. The lowest BCUT2D eigenvalue weighted by molar-refractivity contribution is 0.0644. The highest BCUT2D eigenvalue weighted by Crippen LogP contribution is 2.49. The van der Waals surface area contributed by atoms with Crippen molar-refractivity contribution in [3.05, 3.63) is 76.3 Å². The zero-order valence-electron chi connectivity index (χ0n) is 30.9. The summed E-state index contributed by atoms with van der Waals surface area (Å²) in [5.74, 6) is 1.49. The number of carbonyl (C=O) groups excluding carboxylic acids is 2. The van der Waals surface area contributed by atoms with E-state index in [1.807, 2.05) is 48.5 Å². The fourth-order valence-corrected chi connectivity index (χ4v) is 7.81. The first kappa shape index (κ1) is 38.9. The van der Waals surface area contributed by atoms with E-state index in [2.05, 4.69) is 32.5 Å². The molecule has 4 rings (SSSR count). The van der Waals surface area contributed by atoms with Crippen LogP contribution < -0.4 is 9.47 Å². The summed E-state index contributed by atoms with van der Waals surface area (Å²) in [5, 5.41) is 0. The smallest absolute Gasteiger partial charge is 0.263 e. The summed E-state index contributed by atoms with van der Waals surface area (Å²) in [4.78, 5) is 35.1. The van der Waals surface area contributed by atoms with Crippen LogP contribution in [0.15, 0.2) is 48.2 Å². The van der Waals surface area contributed by atoms with Gasteiger partial charge in [0.2, 0.25) is 0 Å². The van der Waals surface area contributed by atoms with Crippen LogP contribution in [0.25, 0.3) is 31.8 Å². The van der Waals surface area contributed by atoms with Crippen molar-refractivity contribution < 1.29 is 19.1 Å². The molecule has 2 heterocycles. The Labute approximate surface area is 304 Å². The first-order chi connectivity index (χ1) is 24.4. The quantitative estimate of drug-likeness (QED) is 0.0596. The van der Waals surface area contributed by atoms with Crippen molar-refractivity contribution >= 4 is 29.2 Å². The molecule has 7 heteroatoms. The molecule has 1 unspecified atom stereocenters. The normalized spacial score (nSPS) is 13.4. The number of rotatable bonds is 22. The molecule has 0 bridgehead atoms. The first-order valence-corrected chi connectivity index (χ1v) is 19.8. The molecule has 1 aliphatic rings. The van der Waals surface area contributed by atoms with Crippen LogP contribution >= 0.6 is 11.3 Å². The van der Waals surface area contributed by atoms with E-state index in [-0.39, 0.29) is 11.8 Å². The van der Waals surface area contributed by atoms with Gasteiger partial charge >= 0.3 is 0 Å². The first-order valence-electron chi connectivity index (χ1n) is 19.0. The molecule has 2 aromatic carbocycles. The van der Waals surface area contributed by atoms with Gasteiger partial charge in [-0.25, -0.2) is 4.85 Å². The number of amides is 2. The molecule has 0 radical (unpaired) electrons. The fraction of sp³-hybridized carbons (Fsp3) is 0.512. The van der Waals surface area contributed by atoms with Crippen LogP contribution in [-0.4, -0.2) is 36.5 Å². The molecule has 0 aliphatic carbocycles. The maximum Gasteiger partial charge on any atom is 0.263 e. The number of imide groups is 1. The van der Waals surface area contributed by atoms with Gasteiger partial charge in [-0.1, -0.05) is 122 Å². The Bertz CT molecular complexity index is 1630. The number of nitrogens with zero attached hydrogens (tertiary/aromatic N) is 2. The lowest BCUT2D eigenvalue weighted by atomic mass is 9.95. The topological polar surface area (TPSA) is 60.2 Å². The van der Waals surface area contributed by atoms with Gasteiger partial charge in [-0.2, -0.15) is 0 Å². The highest BCUT2D eigenvalue weighted by Gasteiger charge is 2.42. The molecule has 0 spiro atoms. The molecule has 1 aromatic heterocycles. The molecule has 1 atom stereocenters. The number of hydrogen-bond donors (Lipinski definition) is 0. The number of fused-ring (bicyclic) bond motifs is 1. The van der Waals surface area contributed by atoms with E-state index in [9.17, 15) is 9.59 Å². The predicted molar refractivity (Wildman–Crippen MR) is 208 cm³/mol. The molecule has 0 saturated carbocycles. The van der Waals surface area contributed by atoms with Gasteiger partial charge < -0.3 is 9.47 Å². The van der Waals surface area contributed by atoms with Crippen molar-refractivity contribution in [2.45, 2.75) is 118 Å². The van der Waals surface area contributed by atoms with E-state index in [0.29, 0.717) is 48.2 Å². The van der Waals surface area contributed by atoms with E-state index >= 15 is 0 Å². The number of ether oxygens (including phenoxy) is 2. The predicted octanol–water partition coefficient (Wildman–Crippen LogP) is 12.5. The molecule has 50 heavy (non-hydrogen) atoms. The van der Waals surface area contributed by atoms with Gasteiger partial charge in [-0.15, -0.1) is 11.3 Å². The number of thiophene rings is 1. The van der Waals surface area contributed by atoms with Crippen molar-refractivity contribution in [2.75, 3.05) is 19.8 Å². The molecule has 1 aliphatic heterocycles. The highest BCUT2D eigenvalue weighted by molar-refractivity contribution is 7.20. The monoisotopic (exact) mass is 696 g/mol. The second-order valence-electron chi connectivity index (χ2n) is 13.5. The summed E-state index contributed by atoms with van der Waals surface area (Å²) >= 11 is 1.48. The van der Waals surface area contributed by atoms with Gasteiger partial charge in [-0.05, 0) is 55.4 Å². The van der Waals surface area contributed by atoms with E-state index in [4.69, 9.17) is 16.0 Å². The third-order valence-electron chi connectivity index (χ3n) is 9.58. The molecule has 0 saturated heterocycles. The Kier molecular flexibility index (Phi) is 15.6. The van der Waals surface area contributed by atoms with Crippen LogP contribution in [0.2, 0.25) is 0 Å². The van der Waals surface area contributed by atoms with E-state index in [0.717, 1.165) is 103 Å². The minimum atomic E-state index is -0.217. The Morgan fingerprint density at radius 1 is 0.800 bits per heavy atom. The highest BCUT2D eigenvalue weighted by atomic mass is 32.1. The summed E-state index contributed by atoms with van der Waals surface area (Å²) in [6.07, 6.45) is 16.0. The Balaban J connectivity index is 1.76. The lowest BCUT2D eigenvalue weighted by Crippen LogP contribution is -2.32. The molecular formula is C43H56N2O4S. The van der Waals surface area contributed by atoms with E-state index < -0.39 is 0 Å². The van der Waals surface area contributed by atoms with Gasteiger partial charge in [0, 0.05) is 23.1 Å². The van der Waals surface area contributed by atoms with Gasteiger partial charge in [0.25, 0.3) is 11.8 Å². The van der Waals surface area contributed by atoms with Crippen LogP contribution in [0, 0.1) is 12.5 Å². The van der Waals surface area contributed by atoms with Crippen molar-refractivity contribution in [3.8, 4) is 32.4 Å². The van der Waals surface area contributed by atoms with E-state index in [1.54, 1.807) is 6.92 Å². The Morgan fingerprint density at radius 2 is 1.44 bits per heavy atom.